The molecule has 0 radical (unpaired) electrons. The van der Waals surface area contributed by atoms with E-state index in [0.29, 0.717) is 5.02 Å². The number of halogens is 2. The largest absolute Gasteiger partial charge is 0.467 e. The van der Waals surface area contributed by atoms with Crippen LogP contribution in [0.3, 0.4) is 0 Å². The molecule has 3 nitrogen and oxygen atoms in total. The fraction of sp³-hybridized carbons (Fsp3) is 0.188. The van der Waals surface area contributed by atoms with Gasteiger partial charge in [-0.3, -0.25) is 0 Å². The molecule has 2 rings (SSSR count). The van der Waals surface area contributed by atoms with Gasteiger partial charge in [-0.1, -0.05) is 39.7 Å². The second-order valence-corrected chi connectivity index (χ2v) is 6.11. The van der Waals surface area contributed by atoms with Crippen LogP contribution in [0, 0.1) is 0 Å². The molecule has 1 atom stereocenters. The van der Waals surface area contributed by atoms with Crippen LogP contribution in [0.15, 0.2) is 53.0 Å². The molecule has 5 heteroatoms. The smallest absolute Gasteiger partial charge is 0.335 e. The highest BCUT2D eigenvalue weighted by Crippen LogP contribution is 2.29. The molecule has 2 aromatic carbocycles. The van der Waals surface area contributed by atoms with Gasteiger partial charge < -0.3 is 10.1 Å². The van der Waals surface area contributed by atoms with Crippen molar-refractivity contribution in [3.63, 3.8) is 0 Å². The summed E-state index contributed by atoms with van der Waals surface area (Å²) in [6.45, 7) is 1.77. The van der Waals surface area contributed by atoms with Crippen molar-refractivity contribution in [2.75, 3.05) is 12.4 Å². The first-order valence-corrected chi connectivity index (χ1v) is 7.51. The quantitative estimate of drug-likeness (QED) is 0.801. The van der Waals surface area contributed by atoms with Crippen LogP contribution in [0.5, 0.6) is 0 Å². The molecule has 21 heavy (non-hydrogen) atoms. The highest BCUT2D eigenvalue weighted by molar-refractivity contribution is 9.10. The van der Waals surface area contributed by atoms with E-state index in [1.54, 1.807) is 19.1 Å². The Morgan fingerprint density at radius 1 is 1.24 bits per heavy atom. The maximum Gasteiger partial charge on any atom is 0.335 e. The third-order valence-corrected chi connectivity index (χ3v) is 4.00. The fourth-order valence-corrected chi connectivity index (χ4v) is 2.52. The van der Waals surface area contributed by atoms with Gasteiger partial charge in [0.25, 0.3) is 0 Å². The number of hydrogen-bond acceptors (Lipinski definition) is 3. The lowest BCUT2D eigenvalue weighted by Crippen LogP contribution is -2.41. The zero-order chi connectivity index (χ0) is 15.5. The minimum absolute atomic E-state index is 0.382. The monoisotopic (exact) mass is 367 g/mol. The average Bonchev–Trinajstić information content (AvgIpc) is 2.48. The highest BCUT2D eigenvalue weighted by Gasteiger charge is 2.36. The highest BCUT2D eigenvalue weighted by atomic mass is 79.9. The summed E-state index contributed by atoms with van der Waals surface area (Å²) in [4.78, 5) is 12.3. The Hall–Kier alpha value is -1.52. The van der Waals surface area contributed by atoms with Crippen molar-refractivity contribution in [2.45, 2.75) is 12.5 Å². The Morgan fingerprint density at radius 3 is 2.48 bits per heavy atom. The van der Waals surface area contributed by atoms with E-state index < -0.39 is 5.54 Å². The van der Waals surface area contributed by atoms with Crippen molar-refractivity contribution in [1.82, 2.24) is 0 Å². The molecule has 0 amide bonds. The van der Waals surface area contributed by atoms with Gasteiger partial charge in [0, 0.05) is 15.2 Å². The Labute approximate surface area is 137 Å². The zero-order valence-electron chi connectivity index (χ0n) is 11.7. The summed E-state index contributed by atoms with van der Waals surface area (Å²) in [7, 11) is 1.37. The normalized spacial score (nSPS) is 13.3. The number of esters is 1. The van der Waals surface area contributed by atoms with Crippen LogP contribution >= 0.6 is 27.5 Å². The van der Waals surface area contributed by atoms with Crippen LogP contribution in [-0.2, 0) is 15.1 Å². The van der Waals surface area contributed by atoms with Gasteiger partial charge >= 0.3 is 5.97 Å². The van der Waals surface area contributed by atoms with Gasteiger partial charge in [-0.05, 0) is 48.9 Å². The SMILES string of the molecule is COC(=O)C(C)(Nc1ccc(Br)cc1)c1cccc(Cl)c1. The number of benzene rings is 2. The number of anilines is 1. The Morgan fingerprint density at radius 2 is 1.90 bits per heavy atom. The van der Waals surface area contributed by atoms with Gasteiger partial charge in [-0.2, -0.15) is 0 Å². The number of methoxy groups -OCH3 is 1. The maximum atomic E-state index is 12.3. The predicted molar refractivity (Wildman–Crippen MR) is 88.6 cm³/mol. The molecule has 0 saturated heterocycles. The van der Waals surface area contributed by atoms with Crippen molar-refractivity contribution < 1.29 is 9.53 Å². The molecule has 0 aliphatic heterocycles. The molecule has 0 saturated carbocycles. The van der Waals surface area contributed by atoms with E-state index in [4.69, 9.17) is 16.3 Å². The van der Waals surface area contributed by atoms with Crippen LogP contribution in [0.25, 0.3) is 0 Å². The Kier molecular flexibility index (Phi) is 4.91. The number of nitrogens with one attached hydrogen (secondary N) is 1. The zero-order valence-corrected chi connectivity index (χ0v) is 14.0. The molecule has 0 aromatic heterocycles. The summed E-state index contributed by atoms with van der Waals surface area (Å²) in [5.74, 6) is -0.382. The number of carbonyl (C=O) groups excluding carboxylic acids is 1. The summed E-state index contributed by atoms with van der Waals surface area (Å²) in [6, 6.07) is 14.7. The first kappa shape index (κ1) is 15.9. The van der Waals surface area contributed by atoms with Crippen molar-refractivity contribution in [1.29, 1.82) is 0 Å². The number of rotatable bonds is 4. The molecule has 110 valence electrons. The summed E-state index contributed by atoms with van der Waals surface area (Å²) < 4.78 is 5.92. The second-order valence-electron chi connectivity index (χ2n) is 4.76. The van der Waals surface area contributed by atoms with Crippen molar-refractivity contribution in [3.05, 3.63) is 63.6 Å². The van der Waals surface area contributed by atoms with E-state index in [-0.39, 0.29) is 5.97 Å². The summed E-state index contributed by atoms with van der Waals surface area (Å²) in [5.41, 5.74) is 0.531. The van der Waals surface area contributed by atoms with Gasteiger partial charge in [0.2, 0.25) is 0 Å². The first-order chi connectivity index (χ1) is 9.95. The number of hydrogen-bond donors (Lipinski definition) is 1. The van der Waals surface area contributed by atoms with Gasteiger partial charge in [0.1, 0.15) is 0 Å². The third kappa shape index (κ3) is 3.57. The lowest BCUT2D eigenvalue weighted by atomic mass is 9.91. The fourth-order valence-electron chi connectivity index (χ4n) is 2.07. The van der Waals surface area contributed by atoms with Crippen LogP contribution in [0.4, 0.5) is 5.69 Å². The molecule has 0 aliphatic rings. The summed E-state index contributed by atoms with van der Waals surface area (Å²) in [5, 5.41) is 3.79. The van der Waals surface area contributed by atoms with Crippen LogP contribution < -0.4 is 5.32 Å². The van der Waals surface area contributed by atoms with Crippen molar-refractivity contribution >= 4 is 39.2 Å². The van der Waals surface area contributed by atoms with E-state index >= 15 is 0 Å². The van der Waals surface area contributed by atoms with Crippen LogP contribution in [-0.4, -0.2) is 13.1 Å². The molecule has 0 fully saturated rings. The minimum atomic E-state index is -1.02. The molecular weight excluding hydrogens is 354 g/mol. The van der Waals surface area contributed by atoms with E-state index in [1.807, 2.05) is 36.4 Å². The summed E-state index contributed by atoms with van der Waals surface area (Å²) >= 11 is 9.42. The van der Waals surface area contributed by atoms with Gasteiger partial charge in [-0.25, -0.2) is 4.79 Å². The molecule has 2 aromatic rings. The van der Waals surface area contributed by atoms with E-state index in [2.05, 4.69) is 21.2 Å². The standard InChI is InChI=1S/C16H15BrClNO2/c1-16(15(20)21-2,11-4-3-5-13(18)10-11)19-14-8-6-12(17)7-9-14/h3-10,19H,1-2H3. The Balaban J connectivity index is 2.42. The summed E-state index contributed by atoms with van der Waals surface area (Å²) in [6.07, 6.45) is 0. The second kappa shape index (κ2) is 6.50. The molecule has 0 heterocycles. The lowest BCUT2D eigenvalue weighted by Gasteiger charge is -2.29. The minimum Gasteiger partial charge on any atom is -0.467 e. The maximum absolute atomic E-state index is 12.3. The number of carbonyl (C=O) groups is 1. The number of ether oxygens (including phenoxy) is 1. The lowest BCUT2D eigenvalue weighted by molar-refractivity contribution is -0.145. The topological polar surface area (TPSA) is 38.3 Å². The average molecular weight is 369 g/mol. The molecule has 0 bridgehead atoms. The van der Waals surface area contributed by atoms with Gasteiger partial charge in [0.05, 0.1) is 7.11 Å². The predicted octanol–water partition coefficient (Wildman–Crippen LogP) is 4.60. The first-order valence-electron chi connectivity index (χ1n) is 6.34. The van der Waals surface area contributed by atoms with Gasteiger partial charge in [-0.15, -0.1) is 0 Å². The van der Waals surface area contributed by atoms with Crippen molar-refractivity contribution in [2.24, 2.45) is 0 Å². The van der Waals surface area contributed by atoms with E-state index in [0.717, 1.165) is 15.7 Å². The van der Waals surface area contributed by atoms with Crippen LogP contribution in [0.1, 0.15) is 12.5 Å². The van der Waals surface area contributed by atoms with E-state index in [9.17, 15) is 4.79 Å². The van der Waals surface area contributed by atoms with Crippen LogP contribution in [0.2, 0.25) is 5.02 Å². The molecular formula is C16H15BrClNO2. The van der Waals surface area contributed by atoms with E-state index in [1.165, 1.54) is 7.11 Å². The van der Waals surface area contributed by atoms with Gasteiger partial charge in [0.15, 0.2) is 5.54 Å². The molecule has 1 N–H and O–H groups in total. The third-order valence-electron chi connectivity index (χ3n) is 3.23. The van der Waals surface area contributed by atoms with Crippen molar-refractivity contribution in [3.8, 4) is 0 Å². The Bertz CT molecular complexity index is 645. The molecule has 1 unspecified atom stereocenters. The molecule has 0 aliphatic carbocycles. The molecule has 0 spiro atoms.